The molecule has 3 nitrogen and oxygen atoms in total. The van der Waals surface area contributed by atoms with Gasteiger partial charge in [-0.25, -0.2) is 4.79 Å². The van der Waals surface area contributed by atoms with E-state index in [2.05, 4.69) is 0 Å². The standard InChI is InChI=1S/C16H24Cl2O3/c1-21-15-13(17)8-11(9-14(15)18)12(16(19)20)7-10-5-3-2-4-6-10/h7,10-11,13-15H,2-6,8-9H2,1H3,(H,19,20)/b12-7+. The molecule has 2 unspecified atom stereocenters. The topological polar surface area (TPSA) is 46.5 Å². The van der Waals surface area contributed by atoms with E-state index in [1.807, 2.05) is 6.08 Å². The molecular formula is C16H24Cl2O3. The first-order valence-corrected chi connectivity index (χ1v) is 8.66. The summed E-state index contributed by atoms with van der Waals surface area (Å²) in [4.78, 5) is 11.7. The van der Waals surface area contributed by atoms with Crippen LogP contribution >= 0.6 is 23.2 Å². The molecule has 0 spiro atoms. The summed E-state index contributed by atoms with van der Waals surface area (Å²) in [5.74, 6) is -0.498. The summed E-state index contributed by atoms with van der Waals surface area (Å²) in [6, 6.07) is 0. The van der Waals surface area contributed by atoms with Crippen LogP contribution in [0.2, 0.25) is 0 Å². The van der Waals surface area contributed by atoms with E-state index < -0.39 is 5.97 Å². The Hall–Kier alpha value is -0.250. The number of allylic oxidation sites excluding steroid dienone is 1. The Morgan fingerprint density at radius 1 is 1.14 bits per heavy atom. The molecule has 0 aromatic carbocycles. The third-order valence-corrected chi connectivity index (χ3v) is 5.61. The largest absolute Gasteiger partial charge is 0.478 e. The van der Waals surface area contributed by atoms with Crippen molar-refractivity contribution in [1.82, 2.24) is 0 Å². The van der Waals surface area contributed by atoms with E-state index in [4.69, 9.17) is 27.9 Å². The number of rotatable bonds is 4. The van der Waals surface area contributed by atoms with Crippen molar-refractivity contribution in [2.45, 2.75) is 61.8 Å². The molecule has 120 valence electrons. The van der Waals surface area contributed by atoms with Crippen molar-refractivity contribution in [3.63, 3.8) is 0 Å². The first-order chi connectivity index (χ1) is 10.0. The van der Waals surface area contributed by atoms with E-state index in [9.17, 15) is 9.90 Å². The molecule has 2 atom stereocenters. The molecule has 0 radical (unpaired) electrons. The Morgan fingerprint density at radius 2 is 1.71 bits per heavy atom. The van der Waals surface area contributed by atoms with E-state index in [0.717, 1.165) is 12.8 Å². The van der Waals surface area contributed by atoms with Crippen LogP contribution in [-0.2, 0) is 9.53 Å². The van der Waals surface area contributed by atoms with Gasteiger partial charge in [0.15, 0.2) is 0 Å². The van der Waals surface area contributed by atoms with Crippen LogP contribution in [0.3, 0.4) is 0 Å². The first kappa shape index (κ1) is 17.1. The highest BCUT2D eigenvalue weighted by molar-refractivity contribution is 6.24. The smallest absolute Gasteiger partial charge is 0.331 e. The minimum atomic E-state index is -0.825. The number of alkyl halides is 2. The highest BCUT2D eigenvalue weighted by atomic mass is 35.5. The second-order valence-corrected chi connectivity index (χ2v) is 7.35. The molecule has 1 N–H and O–H groups in total. The highest BCUT2D eigenvalue weighted by Crippen LogP contribution is 2.38. The fourth-order valence-electron chi connectivity index (χ4n) is 3.62. The van der Waals surface area contributed by atoms with Crippen LogP contribution in [0.4, 0.5) is 0 Å². The molecule has 2 rings (SSSR count). The SMILES string of the molecule is COC1C(Cl)CC(/C(=C\C2CCCCC2)C(=O)O)CC1Cl. The normalized spacial score (nSPS) is 35.7. The van der Waals surface area contributed by atoms with Crippen LogP contribution in [0.5, 0.6) is 0 Å². The van der Waals surface area contributed by atoms with Crippen molar-refractivity contribution in [2.75, 3.05) is 7.11 Å². The average Bonchev–Trinajstić information content (AvgIpc) is 2.45. The lowest BCUT2D eigenvalue weighted by Crippen LogP contribution is -2.41. The van der Waals surface area contributed by atoms with Crippen LogP contribution < -0.4 is 0 Å². The van der Waals surface area contributed by atoms with Gasteiger partial charge in [0.25, 0.3) is 0 Å². The van der Waals surface area contributed by atoms with Crippen LogP contribution in [0.15, 0.2) is 11.6 Å². The van der Waals surface area contributed by atoms with Crippen LogP contribution in [0.25, 0.3) is 0 Å². The van der Waals surface area contributed by atoms with Crippen molar-refractivity contribution >= 4 is 29.2 Å². The number of hydrogen-bond acceptors (Lipinski definition) is 2. The Kier molecular flexibility index (Phi) is 6.39. The molecule has 0 bridgehead atoms. The number of halogens is 2. The van der Waals surface area contributed by atoms with Crippen molar-refractivity contribution in [3.8, 4) is 0 Å². The molecule has 5 heteroatoms. The molecule has 21 heavy (non-hydrogen) atoms. The summed E-state index contributed by atoms with van der Waals surface area (Å²) in [5, 5.41) is 9.10. The van der Waals surface area contributed by atoms with Crippen molar-refractivity contribution in [3.05, 3.63) is 11.6 Å². The molecule has 2 fully saturated rings. The Morgan fingerprint density at radius 3 is 2.19 bits per heavy atom. The zero-order valence-corrected chi connectivity index (χ0v) is 13.9. The fraction of sp³-hybridized carbons (Fsp3) is 0.812. The predicted molar refractivity (Wildman–Crippen MR) is 85.1 cm³/mol. The lowest BCUT2D eigenvalue weighted by molar-refractivity contribution is -0.133. The van der Waals surface area contributed by atoms with Gasteiger partial charge in [-0.15, -0.1) is 23.2 Å². The van der Waals surface area contributed by atoms with Gasteiger partial charge >= 0.3 is 5.97 Å². The summed E-state index contributed by atoms with van der Waals surface area (Å²) in [5.41, 5.74) is 0.507. The second kappa shape index (κ2) is 7.85. The third-order valence-electron chi connectivity index (χ3n) is 4.76. The molecule has 2 aliphatic rings. The van der Waals surface area contributed by atoms with Gasteiger partial charge in [-0.3, -0.25) is 0 Å². The molecule has 0 aromatic rings. The van der Waals surface area contributed by atoms with E-state index in [1.165, 1.54) is 19.3 Å². The molecule has 0 aromatic heterocycles. The monoisotopic (exact) mass is 334 g/mol. The maximum Gasteiger partial charge on any atom is 0.331 e. The van der Waals surface area contributed by atoms with Gasteiger partial charge in [0, 0.05) is 12.7 Å². The van der Waals surface area contributed by atoms with E-state index in [1.54, 1.807) is 7.11 Å². The van der Waals surface area contributed by atoms with Crippen molar-refractivity contribution < 1.29 is 14.6 Å². The minimum Gasteiger partial charge on any atom is -0.478 e. The van der Waals surface area contributed by atoms with E-state index >= 15 is 0 Å². The number of hydrogen-bond donors (Lipinski definition) is 1. The van der Waals surface area contributed by atoms with Gasteiger partial charge in [0.1, 0.15) is 0 Å². The lowest BCUT2D eigenvalue weighted by Gasteiger charge is -2.36. The third kappa shape index (κ3) is 4.37. The summed E-state index contributed by atoms with van der Waals surface area (Å²) in [7, 11) is 1.60. The van der Waals surface area contributed by atoms with Gasteiger partial charge in [-0.05, 0) is 37.5 Å². The van der Waals surface area contributed by atoms with Crippen molar-refractivity contribution in [2.24, 2.45) is 11.8 Å². The number of carboxylic acids is 1. The predicted octanol–water partition coefficient (Wildman–Crippen LogP) is 4.22. The molecule has 2 aliphatic carbocycles. The van der Waals surface area contributed by atoms with Gasteiger partial charge in [0.2, 0.25) is 0 Å². The quantitative estimate of drug-likeness (QED) is 0.618. The minimum absolute atomic E-state index is 0.0687. The first-order valence-electron chi connectivity index (χ1n) is 7.78. The molecule has 0 heterocycles. The zero-order chi connectivity index (χ0) is 15.4. The highest BCUT2D eigenvalue weighted by Gasteiger charge is 2.39. The second-order valence-electron chi connectivity index (χ2n) is 6.23. The number of methoxy groups -OCH3 is 1. The molecule has 0 saturated heterocycles. The Balaban J connectivity index is 2.11. The maximum atomic E-state index is 11.7. The van der Waals surface area contributed by atoms with Crippen molar-refractivity contribution in [1.29, 1.82) is 0 Å². The summed E-state index contributed by atoms with van der Waals surface area (Å²) in [6.07, 6.45) is 8.86. The number of aliphatic carboxylic acids is 1. The van der Waals surface area contributed by atoms with Crippen LogP contribution in [0, 0.1) is 11.8 Å². The zero-order valence-electron chi connectivity index (χ0n) is 12.4. The average molecular weight is 335 g/mol. The van der Waals surface area contributed by atoms with Gasteiger partial charge in [-0.1, -0.05) is 25.3 Å². The Bertz CT molecular complexity index is 379. The molecular weight excluding hydrogens is 311 g/mol. The van der Waals surface area contributed by atoms with Crippen LogP contribution in [0.1, 0.15) is 44.9 Å². The summed E-state index contributed by atoms with van der Waals surface area (Å²) >= 11 is 12.7. The van der Waals surface area contributed by atoms with Gasteiger partial charge in [0.05, 0.1) is 16.9 Å². The fourth-order valence-corrected chi connectivity index (χ4v) is 4.68. The maximum absolute atomic E-state index is 11.7. The van der Waals surface area contributed by atoms with Gasteiger partial charge < -0.3 is 9.84 Å². The molecule has 0 aliphatic heterocycles. The van der Waals surface area contributed by atoms with Crippen LogP contribution in [-0.4, -0.2) is 35.0 Å². The van der Waals surface area contributed by atoms with Gasteiger partial charge in [-0.2, -0.15) is 0 Å². The van der Waals surface area contributed by atoms with E-state index in [-0.39, 0.29) is 22.8 Å². The summed E-state index contributed by atoms with van der Waals surface area (Å²) in [6.45, 7) is 0. The summed E-state index contributed by atoms with van der Waals surface area (Å²) < 4.78 is 5.32. The number of carboxylic acid groups (broad SMARTS) is 1. The number of carbonyl (C=O) groups is 1. The lowest BCUT2D eigenvalue weighted by atomic mass is 9.79. The van der Waals surface area contributed by atoms with E-state index in [0.29, 0.717) is 24.3 Å². The molecule has 2 saturated carbocycles. The molecule has 0 amide bonds. The number of ether oxygens (including phenoxy) is 1. The Labute approximate surface area is 136 Å².